The first-order valence-corrected chi connectivity index (χ1v) is 16.9. The number of piperidine rings is 1. The quantitative estimate of drug-likeness (QED) is 0.217. The summed E-state index contributed by atoms with van der Waals surface area (Å²) >= 11 is 0. The third kappa shape index (κ3) is 9.10. The molecule has 5 atom stereocenters. The summed E-state index contributed by atoms with van der Waals surface area (Å²) in [5, 5.41) is 24.1. The molecule has 0 saturated carbocycles. The SMILES string of the molecule is CCCCC(NC(=O)C(Cc1cn(C(=O)OC)c2ccccc12)NC(=O)C(CC(C)(C)C)NC(=O)N1C(C)CCCC1C)c1nn[nH]n1. The van der Waals surface area contributed by atoms with Crippen LogP contribution < -0.4 is 16.0 Å². The Morgan fingerprint density at radius 1 is 1.02 bits per heavy atom. The van der Waals surface area contributed by atoms with Crippen LogP contribution in [0, 0.1) is 5.41 Å². The molecule has 1 aromatic carbocycles. The summed E-state index contributed by atoms with van der Waals surface area (Å²) in [6, 6.07) is 4.57. The van der Waals surface area contributed by atoms with Crippen molar-refractivity contribution in [2.24, 2.45) is 5.41 Å². The van der Waals surface area contributed by atoms with Gasteiger partial charge in [0.15, 0.2) is 5.82 Å². The highest BCUT2D eigenvalue weighted by Gasteiger charge is 2.35. The van der Waals surface area contributed by atoms with E-state index in [0.29, 0.717) is 29.7 Å². The van der Waals surface area contributed by atoms with Crippen molar-refractivity contribution in [3.63, 3.8) is 0 Å². The average molecular weight is 666 g/mol. The van der Waals surface area contributed by atoms with Crippen LogP contribution >= 0.6 is 0 Å². The number of amides is 4. The van der Waals surface area contributed by atoms with Crippen LogP contribution in [0.5, 0.6) is 0 Å². The minimum atomic E-state index is -1.07. The molecule has 4 amide bonds. The Labute approximate surface area is 282 Å². The number of carbonyl (C=O) groups is 4. The van der Waals surface area contributed by atoms with Crippen molar-refractivity contribution >= 4 is 34.8 Å². The first kappa shape index (κ1) is 36.3. The second kappa shape index (κ2) is 16.1. The fourth-order valence-electron chi connectivity index (χ4n) is 6.49. The molecule has 1 saturated heterocycles. The number of aromatic nitrogens is 5. The Hall–Kier alpha value is -4.49. The number of rotatable bonds is 12. The van der Waals surface area contributed by atoms with Gasteiger partial charge >= 0.3 is 12.1 Å². The number of tetrazole rings is 1. The number of benzene rings is 1. The first-order chi connectivity index (χ1) is 22.8. The van der Waals surface area contributed by atoms with Gasteiger partial charge in [0.1, 0.15) is 12.1 Å². The Balaban J connectivity index is 1.67. The van der Waals surface area contributed by atoms with Gasteiger partial charge in [0.05, 0.1) is 18.7 Å². The maximum Gasteiger partial charge on any atom is 0.418 e. The lowest BCUT2D eigenvalue weighted by atomic mass is 9.87. The van der Waals surface area contributed by atoms with Crippen molar-refractivity contribution in [3.05, 3.63) is 41.9 Å². The zero-order chi connectivity index (χ0) is 35.0. The number of urea groups is 1. The molecule has 5 unspecified atom stereocenters. The largest absolute Gasteiger partial charge is 0.452 e. The van der Waals surface area contributed by atoms with Gasteiger partial charge in [0, 0.05) is 30.1 Å². The summed E-state index contributed by atoms with van der Waals surface area (Å²) in [5.74, 6) is -0.591. The Morgan fingerprint density at radius 2 is 1.71 bits per heavy atom. The number of methoxy groups -OCH3 is 1. The van der Waals surface area contributed by atoms with Crippen LogP contribution in [-0.2, 0) is 20.7 Å². The van der Waals surface area contributed by atoms with Gasteiger partial charge in [-0.3, -0.25) is 14.2 Å². The Morgan fingerprint density at radius 3 is 2.33 bits per heavy atom. The van der Waals surface area contributed by atoms with E-state index >= 15 is 0 Å². The average Bonchev–Trinajstić information content (AvgIpc) is 3.70. The molecule has 3 heterocycles. The van der Waals surface area contributed by atoms with Gasteiger partial charge in [-0.1, -0.05) is 63.9 Å². The number of nitrogens with zero attached hydrogens (tertiary/aromatic N) is 5. The second-order valence-corrected chi connectivity index (χ2v) is 14.1. The molecule has 3 aromatic rings. The molecule has 14 nitrogen and oxygen atoms in total. The maximum atomic E-state index is 14.2. The van der Waals surface area contributed by atoms with E-state index in [9.17, 15) is 19.2 Å². The summed E-state index contributed by atoms with van der Waals surface area (Å²) in [6.45, 7) is 12.1. The van der Waals surface area contributed by atoms with Crippen LogP contribution in [0.25, 0.3) is 10.9 Å². The topological polar surface area (TPSA) is 176 Å². The van der Waals surface area contributed by atoms with E-state index < -0.39 is 36.0 Å². The van der Waals surface area contributed by atoms with E-state index in [4.69, 9.17) is 4.74 Å². The van der Waals surface area contributed by atoms with E-state index in [1.165, 1.54) is 11.7 Å². The van der Waals surface area contributed by atoms with Gasteiger partial charge in [-0.2, -0.15) is 5.21 Å². The lowest BCUT2D eigenvalue weighted by molar-refractivity contribution is -0.130. The van der Waals surface area contributed by atoms with E-state index in [0.717, 1.165) is 37.5 Å². The van der Waals surface area contributed by atoms with Crippen LogP contribution in [0.2, 0.25) is 0 Å². The summed E-state index contributed by atoms with van der Waals surface area (Å²) < 4.78 is 6.38. The highest BCUT2D eigenvalue weighted by Crippen LogP contribution is 2.26. The van der Waals surface area contributed by atoms with Crippen LogP contribution in [0.15, 0.2) is 30.5 Å². The van der Waals surface area contributed by atoms with Crippen molar-refractivity contribution in [2.45, 2.75) is 123 Å². The van der Waals surface area contributed by atoms with Crippen molar-refractivity contribution in [2.75, 3.05) is 7.11 Å². The number of fused-ring (bicyclic) bond motifs is 1. The number of hydrogen-bond acceptors (Lipinski definition) is 8. The number of nitrogens with one attached hydrogen (secondary N) is 4. The maximum absolute atomic E-state index is 14.2. The molecule has 4 N–H and O–H groups in total. The lowest BCUT2D eigenvalue weighted by Gasteiger charge is -2.40. The monoisotopic (exact) mass is 665 g/mol. The van der Waals surface area contributed by atoms with Crippen LogP contribution in [0.3, 0.4) is 0 Å². The van der Waals surface area contributed by atoms with Crippen molar-refractivity contribution in [1.82, 2.24) is 46.0 Å². The number of H-pyrrole nitrogens is 1. The summed E-state index contributed by atoms with van der Waals surface area (Å²) in [7, 11) is 1.30. The van der Waals surface area contributed by atoms with Gasteiger partial charge in [0.2, 0.25) is 11.8 Å². The van der Waals surface area contributed by atoms with Gasteiger partial charge in [0.25, 0.3) is 0 Å². The fourth-order valence-corrected chi connectivity index (χ4v) is 6.49. The fraction of sp³-hybridized carbons (Fsp3) is 0.618. The van der Waals surface area contributed by atoms with Gasteiger partial charge in [-0.05, 0) is 63.0 Å². The molecule has 2 aromatic heterocycles. The van der Waals surface area contributed by atoms with Crippen LogP contribution in [0.4, 0.5) is 9.59 Å². The predicted molar refractivity (Wildman–Crippen MR) is 181 cm³/mol. The molecule has 1 fully saturated rings. The third-order valence-corrected chi connectivity index (χ3v) is 8.92. The van der Waals surface area contributed by atoms with Gasteiger partial charge in [-0.25, -0.2) is 9.59 Å². The van der Waals surface area contributed by atoms with E-state index in [-0.39, 0.29) is 30.0 Å². The van der Waals surface area contributed by atoms with Crippen molar-refractivity contribution < 1.29 is 23.9 Å². The molecule has 0 bridgehead atoms. The zero-order valence-corrected chi connectivity index (χ0v) is 29.2. The second-order valence-electron chi connectivity index (χ2n) is 14.1. The highest BCUT2D eigenvalue weighted by atomic mass is 16.5. The molecule has 48 heavy (non-hydrogen) atoms. The molecular weight excluding hydrogens is 614 g/mol. The summed E-state index contributed by atoms with van der Waals surface area (Å²) in [6.07, 6.45) is 6.56. The highest BCUT2D eigenvalue weighted by molar-refractivity contribution is 5.95. The molecule has 0 spiro atoms. The Bertz CT molecular complexity index is 1540. The number of hydrogen-bond donors (Lipinski definition) is 4. The molecule has 14 heteroatoms. The number of aromatic amines is 1. The third-order valence-electron chi connectivity index (χ3n) is 8.92. The minimum absolute atomic E-state index is 0.0444. The zero-order valence-electron chi connectivity index (χ0n) is 29.2. The molecule has 262 valence electrons. The molecular formula is C34H51N9O5. The van der Waals surface area contributed by atoms with E-state index in [2.05, 4.69) is 36.6 Å². The summed E-state index contributed by atoms with van der Waals surface area (Å²) in [4.78, 5) is 56.4. The molecule has 4 rings (SSSR count). The Kier molecular flexibility index (Phi) is 12.2. The number of carbonyl (C=O) groups excluding carboxylic acids is 4. The summed E-state index contributed by atoms with van der Waals surface area (Å²) in [5.41, 5.74) is 0.956. The van der Waals surface area contributed by atoms with Crippen molar-refractivity contribution in [3.8, 4) is 0 Å². The van der Waals surface area contributed by atoms with Crippen molar-refractivity contribution in [1.29, 1.82) is 0 Å². The number of ether oxygens (including phenoxy) is 1. The lowest BCUT2D eigenvalue weighted by Crippen LogP contribution is -2.59. The van der Waals surface area contributed by atoms with Gasteiger partial charge < -0.3 is 25.6 Å². The molecule has 0 aliphatic carbocycles. The first-order valence-electron chi connectivity index (χ1n) is 16.9. The smallest absolute Gasteiger partial charge is 0.418 e. The molecule has 0 radical (unpaired) electrons. The van der Waals surface area contributed by atoms with E-state index in [1.54, 1.807) is 12.3 Å². The minimum Gasteiger partial charge on any atom is -0.452 e. The standard InChI is InChI=1S/C34H51N9O5/c1-8-9-16-25(29-38-40-41-39-29)35-30(44)26(18-23-20-42(33(47)48-7)28-17-11-10-15-24(23)28)36-31(45)27(19-34(4,5)6)37-32(46)43-21(2)13-12-14-22(43)3/h10-11,15,17,20-22,25-27H,8-9,12-14,16,18-19H2,1-7H3,(H,35,44)(H,36,45)(H,37,46)(H,38,39,40,41). The number of unbranched alkanes of at least 4 members (excludes halogenated alkanes) is 1. The van der Waals surface area contributed by atoms with E-state index in [1.807, 2.05) is 64.6 Å². The molecule has 1 aliphatic rings. The number of para-hydroxylation sites is 1. The van der Waals surface area contributed by atoms with Gasteiger partial charge in [-0.15, -0.1) is 10.2 Å². The van der Waals surface area contributed by atoms with Crippen LogP contribution in [-0.4, -0.2) is 85.3 Å². The van der Waals surface area contributed by atoms with Crippen LogP contribution in [0.1, 0.15) is 104 Å². The molecule has 1 aliphatic heterocycles. The number of likely N-dealkylation sites (tertiary alicyclic amines) is 1. The normalized spacial score (nSPS) is 18.5. The predicted octanol–water partition coefficient (Wildman–Crippen LogP) is 4.62.